The van der Waals surface area contributed by atoms with Crippen molar-refractivity contribution in [3.63, 3.8) is 0 Å². The summed E-state index contributed by atoms with van der Waals surface area (Å²) >= 11 is 1.67. The van der Waals surface area contributed by atoms with Crippen LogP contribution in [-0.4, -0.2) is 16.0 Å². The van der Waals surface area contributed by atoms with E-state index in [0.717, 1.165) is 16.0 Å². The third kappa shape index (κ3) is 1.89. The maximum Gasteiger partial charge on any atom is 0.138 e. The number of nitrogens with zero attached hydrogens (tertiary/aromatic N) is 2. The molecule has 1 aliphatic carbocycles. The molecular formula is C12H15N3S. The van der Waals surface area contributed by atoms with Crippen molar-refractivity contribution in [2.45, 2.75) is 38.1 Å². The second-order valence-corrected chi connectivity index (χ2v) is 5.24. The van der Waals surface area contributed by atoms with Gasteiger partial charge in [-0.25, -0.2) is 9.97 Å². The Kier molecular flexibility index (Phi) is 2.74. The standard InChI is InChI=1S/C12H15N3S/c1-2-4-9(5-3-1)15-11-10-6-7-16-12(10)14-8-13-11/h6-9H,1-5H2,(H,13,14,15). The number of fused-ring (bicyclic) bond motifs is 1. The molecule has 0 saturated heterocycles. The molecule has 2 aromatic heterocycles. The maximum atomic E-state index is 4.36. The van der Waals surface area contributed by atoms with Crippen LogP contribution in [0.1, 0.15) is 32.1 Å². The Morgan fingerprint density at radius 3 is 2.94 bits per heavy atom. The zero-order valence-electron chi connectivity index (χ0n) is 9.15. The first-order valence-corrected chi connectivity index (χ1v) is 6.76. The Labute approximate surface area is 98.9 Å². The molecule has 0 aromatic carbocycles. The molecule has 3 nitrogen and oxygen atoms in total. The summed E-state index contributed by atoms with van der Waals surface area (Å²) in [6.07, 6.45) is 8.27. The quantitative estimate of drug-likeness (QED) is 0.863. The summed E-state index contributed by atoms with van der Waals surface area (Å²) < 4.78 is 0. The summed E-state index contributed by atoms with van der Waals surface area (Å²) in [7, 11) is 0. The lowest BCUT2D eigenvalue weighted by molar-refractivity contribution is 0.462. The number of hydrogen-bond acceptors (Lipinski definition) is 4. The van der Waals surface area contributed by atoms with Gasteiger partial charge in [-0.05, 0) is 24.3 Å². The lowest BCUT2D eigenvalue weighted by Gasteiger charge is -2.23. The molecule has 16 heavy (non-hydrogen) atoms. The molecular weight excluding hydrogens is 218 g/mol. The van der Waals surface area contributed by atoms with Gasteiger partial charge in [0.25, 0.3) is 0 Å². The summed E-state index contributed by atoms with van der Waals surface area (Å²) in [5, 5.41) is 6.81. The highest BCUT2D eigenvalue weighted by molar-refractivity contribution is 7.16. The van der Waals surface area contributed by atoms with Crippen LogP contribution in [0.2, 0.25) is 0 Å². The monoisotopic (exact) mass is 233 g/mol. The van der Waals surface area contributed by atoms with Crippen molar-refractivity contribution >= 4 is 27.4 Å². The van der Waals surface area contributed by atoms with Gasteiger partial charge in [0.1, 0.15) is 17.0 Å². The van der Waals surface area contributed by atoms with Gasteiger partial charge in [-0.2, -0.15) is 0 Å². The predicted octanol–water partition coefficient (Wildman–Crippen LogP) is 3.44. The zero-order chi connectivity index (χ0) is 10.8. The third-order valence-corrected chi connectivity index (χ3v) is 4.03. The molecule has 1 aliphatic rings. The lowest BCUT2D eigenvalue weighted by Crippen LogP contribution is -2.22. The fourth-order valence-corrected chi connectivity index (χ4v) is 3.08. The average molecular weight is 233 g/mol. The Morgan fingerprint density at radius 1 is 1.19 bits per heavy atom. The third-order valence-electron chi connectivity index (χ3n) is 3.21. The van der Waals surface area contributed by atoms with E-state index in [1.54, 1.807) is 17.7 Å². The van der Waals surface area contributed by atoms with Crippen LogP contribution in [0.4, 0.5) is 5.82 Å². The van der Waals surface area contributed by atoms with E-state index in [1.165, 1.54) is 32.1 Å². The molecule has 0 radical (unpaired) electrons. The Hall–Kier alpha value is -1.16. The van der Waals surface area contributed by atoms with Gasteiger partial charge in [-0.3, -0.25) is 0 Å². The van der Waals surface area contributed by atoms with Crippen molar-refractivity contribution in [3.8, 4) is 0 Å². The molecule has 2 aromatic rings. The van der Waals surface area contributed by atoms with Gasteiger partial charge in [0, 0.05) is 6.04 Å². The molecule has 0 aliphatic heterocycles. The van der Waals surface area contributed by atoms with E-state index in [0.29, 0.717) is 6.04 Å². The van der Waals surface area contributed by atoms with Gasteiger partial charge < -0.3 is 5.32 Å². The van der Waals surface area contributed by atoms with Crippen molar-refractivity contribution in [3.05, 3.63) is 17.8 Å². The number of anilines is 1. The molecule has 0 unspecified atom stereocenters. The van der Waals surface area contributed by atoms with E-state index in [-0.39, 0.29) is 0 Å². The van der Waals surface area contributed by atoms with E-state index in [9.17, 15) is 0 Å². The van der Waals surface area contributed by atoms with E-state index >= 15 is 0 Å². The fraction of sp³-hybridized carbons (Fsp3) is 0.500. The van der Waals surface area contributed by atoms with E-state index in [2.05, 4.69) is 26.7 Å². The maximum absolute atomic E-state index is 4.36. The van der Waals surface area contributed by atoms with Crippen LogP contribution in [0.15, 0.2) is 17.8 Å². The van der Waals surface area contributed by atoms with Crippen LogP contribution >= 0.6 is 11.3 Å². The number of thiophene rings is 1. The molecule has 4 heteroatoms. The molecule has 1 fully saturated rings. The first-order chi connectivity index (χ1) is 7.93. The largest absolute Gasteiger partial charge is 0.367 e. The highest BCUT2D eigenvalue weighted by Crippen LogP contribution is 2.27. The summed E-state index contributed by atoms with van der Waals surface area (Å²) in [5.74, 6) is 1.01. The number of aromatic nitrogens is 2. The zero-order valence-corrected chi connectivity index (χ0v) is 9.96. The van der Waals surface area contributed by atoms with Crippen molar-refractivity contribution in [2.24, 2.45) is 0 Å². The van der Waals surface area contributed by atoms with Crippen LogP contribution in [-0.2, 0) is 0 Å². The smallest absolute Gasteiger partial charge is 0.138 e. The molecule has 3 rings (SSSR count). The minimum Gasteiger partial charge on any atom is -0.367 e. The summed E-state index contributed by atoms with van der Waals surface area (Å²) in [5.41, 5.74) is 0. The second kappa shape index (κ2) is 4.37. The number of hydrogen-bond donors (Lipinski definition) is 1. The minimum atomic E-state index is 0.603. The lowest BCUT2D eigenvalue weighted by atomic mass is 9.95. The predicted molar refractivity (Wildman–Crippen MR) is 67.9 cm³/mol. The fourth-order valence-electron chi connectivity index (χ4n) is 2.35. The average Bonchev–Trinajstić information content (AvgIpc) is 2.80. The summed E-state index contributed by atoms with van der Waals surface area (Å²) in [6, 6.07) is 2.71. The molecule has 84 valence electrons. The van der Waals surface area contributed by atoms with E-state index < -0.39 is 0 Å². The molecule has 0 spiro atoms. The molecule has 0 atom stereocenters. The van der Waals surface area contributed by atoms with E-state index in [1.807, 2.05) is 0 Å². The van der Waals surface area contributed by atoms with Crippen molar-refractivity contribution in [2.75, 3.05) is 5.32 Å². The summed E-state index contributed by atoms with van der Waals surface area (Å²) in [4.78, 5) is 9.70. The van der Waals surface area contributed by atoms with Crippen LogP contribution in [0.3, 0.4) is 0 Å². The van der Waals surface area contributed by atoms with Gasteiger partial charge in [0.15, 0.2) is 0 Å². The molecule has 1 N–H and O–H groups in total. The normalized spacial score (nSPS) is 17.8. The van der Waals surface area contributed by atoms with E-state index in [4.69, 9.17) is 0 Å². The van der Waals surface area contributed by atoms with Crippen molar-refractivity contribution in [1.82, 2.24) is 9.97 Å². The van der Waals surface area contributed by atoms with Crippen LogP contribution in [0.25, 0.3) is 10.2 Å². The number of rotatable bonds is 2. The Morgan fingerprint density at radius 2 is 2.06 bits per heavy atom. The van der Waals surface area contributed by atoms with Gasteiger partial charge in [0.05, 0.1) is 5.39 Å². The molecule has 0 bridgehead atoms. The van der Waals surface area contributed by atoms with Crippen LogP contribution < -0.4 is 5.32 Å². The van der Waals surface area contributed by atoms with Crippen LogP contribution in [0, 0.1) is 0 Å². The molecule has 2 heterocycles. The highest BCUT2D eigenvalue weighted by Gasteiger charge is 2.14. The topological polar surface area (TPSA) is 37.8 Å². The first-order valence-electron chi connectivity index (χ1n) is 5.88. The van der Waals surface area contributed by atoms with Crippen molar-refractivity contribution < 1.29 is 0 Å². The van der Waals surface area contributed by atoms with Crippen molar-refractivity contribution in [1.29, 1.82) is 0 Å². The van der Waals surface area contributed by atoms with Gasteiger partial charge >= 0.3 is 0 Å². The first kappa shape index (κ1) is 10.0. The van der Waals surface area contributed by atoms with Crippen LogP contribution in [0.5, 0.6) is 0 Å². The SMILES string of the molecule is c1nc(NC2CCCCC2)c2ccsc2n1. The van der Waals surface area contributed by atoms with Gasteiger partial charge in [0.2, 0.25) is 0 Å². The summed E-state index contributed by atoms with van der Waals surface area (Å²) in [6.45, 7) is 0. The second-order valence-electron chi connectivity index (χ2n) is 4.34. The Balaban J connectivity index is 1.85. The minimum absolute atomic E-state index is 0.603. The molecule has 0 amide bonds. The van der Waals surface area contributed by atoms with Gasteiger partial charge in [-0.1, -0.05) is 19.3 Å². The molecule has 1 saturated carbocycles. The Bertz CT molecular complexity index is 474. The van der Waals surface area contributed by atoms with Gasteiger partial charge in [-0.15, -0.1) is 11.3 Å². The highest BCUT2D eigenvalue weighted by atomic mass is 32.1. The number of nitrogens with one attached hydrogen (secondary N) is 1.